The first-order valence-corrected chi connectivity index (χ1v) is 9.41. The van der Waals surface area contributed by atoms with E-state index in [9.17, 15) is 24.5 Å². The molecule has 1 saturated heterocycles. The van der Waals surface area contributed by atoms with Crippen molar-refractivity contribution in [3.05, 3.63) is 68.2 Å². The SMILES string of the molecule is CN(C(=O)CN1C(=O)NC(C)(c2ccc(Cl)cc2Cl)C1=O)c1ccc([N+](=O)[O-])cc1. The van der Waals surface area contributed by atoms with E-state index in [1.54, 1.807) is 6.07 Å². The van der Waals surface area contributed by atoms with Gasteiger partial charge >= 0.3 is 6.03 Å². The van der Waals surface area contributed by atoms with Crippen LogP contribution in [0.4, 0.5) is 16.2 Å². The van der Waals surface area contributed by atoms with E-state index in [2.05, 4.69) is 5.32 Å². The number of hydrogen-bond acceptors (Lipinski definition) is 5. The number of non-ortho nitro benzene ring substituents is 1. The molecule has 1 unspecified atom stereocenters. The fourth-order valence-corrected chi connectivity index (χ4v) is 3.70. The summed E-state index contributed by atoms with van der Waals surface area (Å²) in [4.78, 5) is 50.3. The molecule has 11 heteroatoms. The van der Waals surface area contributed by atoms with Crippen LogP contribution in [-0.2, 0) is 15.1 Å². The van der Waals surface area contributed by atoms with Gasteiger partial charge in [0.1, 0.15) is 12.1 Å². The Labute approximate surface area is 181 Å². The van der Waals surface area contributed by atoms with E-state index >= 15 is 0 Å². The normalized spacial score (nSPS) is 18.3. The number of urea groups is 1. The third kappa shape index (κ3) is 3.81. The molecule has 1 N–H and O–H groups in total. The van der Waals surface area contributed by atoms with Crippen molar-refractivity contribution >= 4 is 52.4 Å². The minimum atomic E-state index is -1.45. The summed E-state index contributed by atoms with van der Waals surface area (Å²) in [6.07, 6.45) is 0. The van der Waals surface area contributed by atoms with Gasteiger partial charge < -0.3 is 10.2 Å². The maximum absolute atomic E-state index is 13.0. The largest absolute Gasteiger partial charge is 0.325 e. The molecule has 0 saturated carbocycles. The molecule has 0 spiro atoms. The van der Waals surface area contributed by atoms with Crippen LogP contribution in [0.25, 0.3) is 0 Å². The quantitative estimate of drug-likeness (QED) is 0.426. The van der Waals surface area contributed by atoms with E-state index < -0.39 is 34.9 Å². The van der Waals surface area contributed by atoms with Gasteiger partial charge in [0.25, 0.3) is 11.6 Å². The molecule has 1 aliphatic heterocycles. The Balaban J connectivity index is 1.79. The minimum Gasteiger partial charge on any atom is -0.319 e. The van der Waals surface area contributed by atoms with Crippen molar-refractivity contribution in [3.63, 3.8) is 0 Å². The molecule has 0 aliphatic carbocycles. The standard InChI is InChI=1S/C19H16Cl2N4O5/c1-19(14-8-3-11(20)9-15(14)21)17(27)24(18(28)22-19)10-16(26)23(2)12-4-6-13(7-5-12)25(29)30/h3-9H,10H2,1-2H3,(H,22,28). The molecular weight excluding hydrogens is 435 g/mol. The van der Waals surface area contributed by atoms with Crippen LogP contribution >= 0.6 is 23.2 Å². The van der Waals surface area contributed by atoms with E-state index in [0.29, 0.717) is 16.3 Å². The smallest absolute Gasteiger partial charge is 0.319 e. The summed E-state index contributed by atoms with van der Waals surface area (Å²) in [5.74, 6) is -1.19. The Hall–Kier alpha value is -3.17. The number of imide groups is 1. The lowest BCUT2D eigenvalue weighted by Gasteiger charge is -2.24. The lowest BCUT2D eigenvalue weighted by molar-refractivity contribution is -0.384. The Morgan fingerprint density at radius 3 is 2.40 bits per heavy atom. The second kappa shape index (κ2) is 7.92. The van der Waals surface area contributed by atoms with Crippen molar-refractivity contribution in [3.8, 4) is 0 Å². The molecule has 2 aromatic carbocycles. The Kier molecular flexibility index (Phi) is 5.69. The molecule has 2 aromatic rings. The van der Waals surface area contributed by atoms with Crippen LogP contribution in [0.3, 0.4) is 0 Å². The van der Waals surface area contributed by atoms with Gasteiger partial charge in [0.15, 0.2) is 0 Å². The fraction of sp³-hybridized carbons (Fsp3) is 0.211. The van der Waals surface area contributed by atoms with Crippen LogP contribution in [-0.4, -0.2) is 41.3 Å². The number of carbonyl (C=O) groups excluding carboxylic acids is 3. The van der Waals surface area contributed by atoms with Crippen molar-refractivity contribution in [1.82, 2.24) is 10.2 Å². The van der Waals surface area contributed by atoms with Crippen LogP contribution in [0.1, 0.15) is 12.5 Å². The number of anilines is 1. The van der Waals surface area contributed by atoms with E-state index in [-0.39, 0.29) is 10.7 Å². The molecule has 30 heavy (non-hydrogen) atoms. The van der Waals surface area contributed by atoms with E-state index in [1.165, 1.54) is 55.3 Å². The number of halogens is 2. The topological polar surface area (TPSA) is 113 Å². The molecule has 9 nitrogen and oxygen atoms in total. The first kappa shape index (κ1) is 21.5. The summed E-state index contributed by atoms with van der Waals surface area (Å²) >= 11 is 12.1. The van der Waals surface area contributed by atoms with Gasteiger partial charge in [-0.05, 0) is 31.2 Å². The highest BCUT2D eigenvalue weighted by molar-refractivity contribution is 6.35. The third-order valence-corrected chi connectivity index (χ3v) is 5.41. The fourth-order valence-electron chi connectivity index (χ4n) is 3.10. The number of benzene rings is 2. The van der Waals surface area contributed by atoms with Crippen molar-refractivity contribution in [2.75, 3.05) is 18.5 Å². The first-order valence-electron chi connectivity index (χ1n) is 8.65. The molecule has 156 valence electrons. The molecular formula is C19H16Cl2N4O5. The van der Waals surface area contributed by atoms with Gasteiger partial charge in [-0.3, -0.25) is 24.6 Å². The third-order valence-electron chi connectivity index (χ3n) is 4.86. The van der Waals surface area contributed by atoms with Crippen molar-refractivity contribution in [2.24, 2.45) is 0 Å². The van der Waals surface area contributed by atoms with Crippen LogP contribution in [0, 0.1) is 10.1 Å². The zero-order valence-electron chi connectivity index (χ0n) is 15.9. The van der Waals surface area contributed by atoms with Crippen molar-refractivity contribution < 1.29 is 19.3 Å². The highest BCUT2D eigenvalue weighted by Gasteiger charge is 2.50. The number of nitrogens with zero attached hydrogens (tertiary/aromatic N) is 3. The number of carbonyl (C=O) groups is 3. The molecule has 1 fully saturated rings. The second-order valence-electron chi connectivity index (χ2n) is 6.80. The summed E-state index contributed by atoms with van der Waals surface area (Å²) in [5, 5.41) is 13.9. The summed E-state index contributed by atoms with van der Waals surface area (Å²) < 4.78 is 0. The molecule has 4 amide bonds. The monoisotopic (exact) mass is 450 g/mol. The zero-order chi connectivity index (χ0) is 22.2. The van der Waals surface area contributed by atoms with Crippen LogP contribution < -0.4 is 10.2 Å². The molecule has 0 bridgehead atoms. The van der Waals surface area contributed by atoms with Gasteiger partial charge in [-0.1, -0.05) is 29.3 Å². The minimum absolute atomic E-state index is 0.121. The lowest BCUT2D eigenvalue weighted by atomic mass is 9.92. The summed E-state index contributed by atoms with van der Waals surface area (Å²) in [6.45, 7) is 0.978. The molecule has 0 aromatic heterocycles. The lowest BCUT2D eigenvalue weighted by Crippen LogP contribution is -2.43. The number of likely N-dealkylation sites (N-methyl/N-ethyl adjacent to an activating group) is 1. The number of hydrogen-bond donors (Lipinski definition) is 1. The number of amides is 4. The average Bonchev–Trinajstić information content (AvgIpc) is 2.91. The second-order valence-corrected chi connectivity index (χ2v) is 7.64. The highest BCUT2D eigenvalue weighted by Crippen LogP contribution is 2.35. The summed E-state index contributed by atoms with van der Waals surface area (Å²) in [5.41, 5.74) is -0.846. The maximum atomic E-state index is 13.0. The number of rotatable bonds is 5. The molecule has 1 heterocycles. The molecule has 0 radical (unpaired) electrons. The first-order chi connectivity index (χ1) is 14.0. The van der Waals surface area contributed by atoms with Gasteiger partial charge in [0, 0.05) is 40.5 Å². The van der Waals surface area contributed by atoms with Gasteiger partial charge in [0.2, 0.25) is 5.91 Å². The van der Waals surface area contributed by atoms with E-state index in [1.807, 2.05) is 0 Å². The van der Waals surface area contributed by atoms with Gasteiger partial charge in [-0.15, -0.1) is 0 Å². The molecule has 3 rings (SSSR count). The summed E-state index contributed by atoms with van der Waals surface area (Å²) in [6, 6.07) is 9.12. The average molecular weight is 451 g/mol. The predicted octanol–water partition coefficient (Wildman–Crippen LogP) is 3.33. The van der Waals surface area contributed by atoms with E-state index in [0.717, 1.165) is 4.90 Å². The van der Waals surface area contributed by atoms with Crippen molar-refractivity contribution in [1.29, 1.82) is 0 Å². The van der Waals surface area contributed by atoms with Crippen molar-refractivity contribution in [2.45, 2.75) is 12.5 Å². The Morgan fingerprint density at radius 1 is 1.20 bits per heavy atom. The van der Waals surface area contributed by atoms with Gasteiger partial charge in [-0.2, -0.15) is 0 Å². The maximum Gasteiger partial charge on any atom is 0.325 e. The van der Waals surface area contributed by atoms with Crippen LogP contribution in [0.2, 0.25) is 10.0 Å². The Morgan fingerprint density at radius 2 is 1.83 bits per heavy atom. The molecule has 1 aliphatic rings. The van der Waals surface area contributed by atoms with Gasteiger partial charge in [-0.25, -0.2) is 4.79 Å². The van der Waals surface area contributed by atoms with Crippen LogP contribution in [0.5, 0.6) is 0 Å². The van der Waals surface area contributed by atoms with E-state index in [4.69, 9.17) is 23.2 Å². The highest BCUT2D eigenvalue weighted by atomic mass is 35.5. The number of nitrogens with one attached hydrogen (secondary N) is 1. The number of nitro groups is 1. The molecule has 1 atom stereocenters. The predicted molar refractivity (Wildman–Crippen MR) is 111 cm³/mol. The van der Waals surface area contributed by atoms with Gasteiger partial charge in [0.05, 0.1) is 4.92 Å². The Bertz CT molecular complexity index is 1060. The van der Waals surface area contributed by atoms with Crippen LogP contribution in [0.15, 0.2) is 42.5 Å². The number of nitro benzene ring substituents is 1. The zero-order valence-corrected chi connectivity index (χ0v) is 17.4. The summed E-state index contributed by atoms with van der Waals surface area (Å²) in [7, 11) is 1.44.